The third kappa shape index (κ3) is 2.93. The van der Waals surface area contributed by atoms with Crippen molar-refractivity contribution in [2.24, 2.45) is 0 Å². The Morgan fingerprint density at radius 1 is 1.25 bits per heavy atom. The van der Waals surface area contributed by atoms with Gasteiger partial charge in [-0.2, -0.15) is 0 Å². The summed E-state index contributed by atoms with van der Waals surface area (Å²) in [4.78, 5) is 10.6. The lowest BCUT2D eigenvalue weighted by Crippen LogP contribution is -2.09. The highest BCUT2D eigenvalue weighted by atomic mass is 19.1. The summed E-state index contributed by atoms with van der Waals surface area (Å²) in [6.07, 6.45) is 0. The van der Waals surface area contributed by atoms with Gasteiger partial charge in [-0.15, -0.1) is 0 Å². The van der Waals surface area contributed by atoms with Gasteiger partial charge in [-0.05, 0) is 37.6 Å². The van der Waals surface area contributed by atoms with Crippen LogP contribution >= 0.6 is 0 Å². The second-order valence-electron chi connectivity index (χ2n) is 4.65. The molecule has 0 aliphatic heterocycles. The number of halogens is 1. The maximum absolute atomic E-state index is 13.2. The molecular weight excluding hydrogens is 259 g/mol. The number of nitrogens with one attached hydrogen (secondary N) is 1. The number of para-hydroxylation sites is 1. The van der Waals surface area contributed by atoms with Crippen molar-refractivity contribution in [2.45, 2.75) is 19.9 Å². The van der Waals surface area contributed by atoms with E-state index in [1.165, 1.54) is 12.1 Å². The maximum Gasteiger partial charge on any atom is 0.274 e. The van der Waals surface area contributed by atoms with E-state index in [0.29, 0.717) is 11.1 Å². The Morgan fingerprint density at radius 3 is 2.60 bits per heavy atom. The normalized spacial score (nSPS) is 11.9. The van der Waals surface area contributed by atoms with Crippen LogP contribution in [0, 0.1) is 22.9 Å². The van der Waals surface area contributed by atoms with Gasteiger partial charge in [-0.1, -0.05) is 18.2 Å². The number of hydrogen-bond donors (Lipinski definition) is 1. The van der Waals surface area contributed by atoms with Gasteiger partial charge in [-0.25, -0.2) is 4.39 Å². The molecule has 5 heteroatoms. The molecule has 2 rings (SSSR count). The Hall–Kier alpha value is -2.43. The molecule has 2 aromatic rings. The van der Waals surface area contributed by atoms with Crippen LogP contribution in [-0.4, -0.2) is 4.92 Å². The van der Waals surface area contributed by atoms with Crippen LogP contribution in [-0.2, 0) is 0 Å². The number of rotatable bonds is 4. The van der Waals surface area contributed by atoms with Crippen LogP contribution in [0.4, 0.5) is 15.8 Å². The molecule has 0 spiro atoms. The van der Waals surface area contributed by atoms with Crippen molar-refractivity contribution in [3.63, 3.8) is 0 Å². The van der Waals surface area contributed by atoms with Crippen LogP contribution in [0.2, 0.25) is 0 Å². The van der Waals surface area contributed by atoms with Gasteiger partial charge in [0.05, 0.1) is 16.5 Å². The van der Waals surface area contributed by atoms with Crippen molar-refractivity contribution in [3.8, 4) is 0 Å². The van der Waals surface area contributed by atoms with Gasteiger partial charge in [0, 0.05) is 11.8 Å². The molecule has 0 aliphatic rings. The van der Waals surface area contributed by atoms with Gasteiger partial charge in [0.15, 0.2) is 0 Å². The van der Waals surface area contributed by atoms with Crippen molar-refractivity contribution >= 4 is 11.4 Å². The minimum absolute atomic E-state index is 0.0753. The second-order valence-corrected chi connectivity index (χ2v) is 4.65. The van der Waals surface area contributed by atoms with Gasteiger partial charge in [-0.3, -0.25) is 10.1 Å². The van der Waals surface area contributed by atoms with E-state index in [4.69, 9.17) is 0 Å². The average Bonchev–Trinajstić information content (AvgIpc) is 2.43. The van der Waals surface area contributed by atoms with E-state index in [-0.39, 0.29) is 17.5 Å². The van der Waals surface area contributed by atoms with Crippen molar-refractivity contribution in [3.05, 3.63) is 69.5 Å². The summed E-state index contributed by atoms with van der Waals surface area (Å²) in [6.45, 7) is 3.51. The molecule has 1 unspecified atom stereocenters. The molecule has 0 heterocycles. The van der Waals surface area contributed by atoms with Crippen LogP contribution in [0.25, 0.3) is 0 Å². The van der Waals surface area contributed by atoms with E-state index in [0.717, 1.165) is 5.69 Å². The Labute approximate surface area is 116 Å². The smallest absolute Gasteiger partial charge is 0.274 e. The van der Waals surface area contributed by atoms with E-state index < -0.39 is 4.92 Å². The standard InChI is InChI=1S/C15H15FN2O2/c1-10-9-12(7-8-14(10)16)17-11(2)13-5-3-4-6-15(13)18(19)20/h3-9,11,17H,1-2H3. The summed E-state index contributed by atoms with van der Waals surface area (Å²) in [6, 6.07) is 11.0. The molecule has 0 fully saturated rings. The van der Waals surface area contributed by atoms with Gasteiger partial charge in [0.25, 0.3) is 5.69 Å². The van der Waals surface area contributed by atoms with Gasteiger partial charge in [0.1, 0.15) is 5.82 Å². The fourth-order valence-electron chi connectivity index (χ4n) is 2.08. The molecular formula is C15H15FN2O2. The van der Waals surface area contributed by atoms with E-state index >= 15 is 0 Å². The van der Waals surface area contributed by atoms with Crippen LogP contribution in [0.1, 0.15) is 24.1 Å². The Morgan fingerprint density at radius 2 is 1.95 bits per heavy atom. The third-order valence-electron chi connectivity index (χ3n) is 3.14. The monoisotopic (exact) mass is 274 g/mol. The lowest BCUT2D eigenvalue weighted by Gasteiger charge is -2.16. The van der Waals surface area contributed by atoms with Gasteiger partial charge < -0.3 is 5.32 Å². The largest absolute Gasteiger partial charge is 0.378 e. The lowest BCUT2D eigenvalue weighted by molar-refractivity contribution is -0.385. The van der Waals surface area contributed by atoms with E-state index in [2.05, 4.69) is 5.32 Å². The molecule has 2 aromatic carbocycles. The van der Waals surface area contributed by atoms with Crippen molar-refractivity contribution in [2.75, 3.05) is 5.32 Å². The first-order valence-electron chi connectivity index (χ1n) is 6.25. The quantitative estimate of drug-likeness (QED) is 0.671. The molecule has 4 nitrogen and oxygen atoms in total. The zero-order chi connectivity index (χ0) is 14.7. The molecule has 1 atom stereocenters. The first kappa shape index (κ1) is 14.0. The molecule has 0 amide bonds. The summed E-state index contributed by atoms with van der Waals surface area (Å²) in [5.41, 5.74) is 1.94. The molecule has 1 N–H and O–H groups in total. The Balaban J connectivity index is 2.26. The molecule has 0 aliphatic carbocycles. The number of anilines is 1. The number of nitro groups is 1. The highest BCUT2D eigenvalue weighted by Gasteiger charge is 2.18. The molecule has 0 saturated carbocycles. The van der Waals surface area contributed by atoms with Gasteiger partial charge in [0.2, 0.25) is 0 Å². The van der Waals surface area contributed by atoms with Crippen LogP contribution < -0.4 is 5.32 Å². The molecule has 0 saturated heterocycles. The van der Waals surface area contributed by atoms with E-state index in [9.17, 15) is 14.5 Å². The maximum atomic E-state index is 13.2. The van der Waals surface area contributed by atoms with Crippen molar-refractivity contribution < 1.29 is 9.31 Å². The van der Waals surface area contributed by atoms with Crippen LogP contribution in [0.3, 0.4) is 0 Å². The summed E-state index contributed by atoms with van der Waals surface area (Å²) in [5.74, 6) is -0.270. The minimum atomic E-state index is -0.399. The number of hydrogen-bond acceptors (Lipinski definition) is 3. The predicted octanol–water partition coefficient (Wildman–Crippen LogP) is 4.22. The highest BCUT2D eigenvalue weighted by molar-refractivity contribution is 5.51. The summed E-state index contributed by atoms with van der Waals surface area (Å²) in [5, 5.41) is 14.2. The fourth-order valence-corrected chi connectivity index (χ4v) is 2.08. The topological polar surface area (TPSA) is 55.2 Å². The molecule has 0 bridgehead atoms. The van der Waals surface area contributed by atoms with Gasteiger partial charge >= 0.3 is 0 Å². The summed E-state index contributed by atoms with van der Waals surface area (Å²) in [7, 11) is 0. The number of nitrogens with zero attached hydrogens (tertiary/aromatic N) is 1. The average molecular weight is 274 g/mol. The lowest BCUT2D eigenvalue weighted by atomic mass is 10.1. The molecule has 0 radical (unpaired) electrons. The first-order chi connectivity index (χ1) is 9.49. The highest BCUT2D eigenvalue weighted by Crippen LogP contribution is 2.27. The summed E-state index contributed by atoms with van der Waals surface area (Å²) >= 11 is 0. The SMILES string of the molecule is Cc1cc(NC(C)c2ccccc2[N+](=O)[O-])ccc1F. The minimum Gasteiger partial charge on any atom is -0.378 e. The van der Waals surface area contributed by atoms with Crippen molar-refractivity contribution in [1.29, 1.82) is 0 Å². The van der Waals surface area contributed by atoms with Crippen LogP contribution in [0.15, 0.2) is 42.5 Å². The number of benzene rings is 2. The van der Waals surface area contributed by atoms with Crippen LogP contribution in [0.5, 0.6) is 0 Å². The van der Waals surface area contributed by atoms with E-state index in [1.54, 1.807) is 37.3 Å². The zero-order valence-corrected chi connectivity index (χ0v) is 11.3. The predicted molar refractivity (Wildman–Crippen MR) is 76.3 cm³/mol. The second kappa shape index (κ2) is 5.69. The molecule has 0 aromatic heterocycles. The fraction of sp³-hybridized carbons (Fsp3) is 0.200. The Kier molecular flexibility index (Phi) is 3.98. The van der Waals surface area contributed by atoms with Crippen molar-refractivity contribution in [1.82, 2.24) is 0 Å². The number of nitro benzene ring substituents is 1. The number of aryl methyl sites for hydroxylation is 1. The third-order valence-corrected chi connectivity index (χ3v) is 3.14. The Bertz CT molecular complexity index is 644. The van der Waals surface area contributed by atoms with E-state index in [1.807, 2.05) is 6.92 Å². The first-order valence-corrected chi connectivity index (χ1v) is 6.25. The summed E-state index contributed by atoms with van der Waals surface area (Å²) < 4.78 is 13.2. The zero-order valence-electron chi connectivity index (χ0n) is 11.3. The molecule has 104 valence electrons. The molecule has 20 heavy (non-hydrogen) atoms.